The van der Waals surface area contributed by atoms with E-state index in [2.05, 4.69) is 11.1 Å². The standard InChI is InChI=1S/C33H29N3O5S/c1-20(2)41-32(38)29-21(3)35-33-36(30(29)24-13-15-26(39-4)16-14-24)31(37)28(42-33)17-25-7-5-6-8-27(25)40-19-23-11-9-22(18-34)10-12-23/h5-17,20,30H,19H2,1-4H3/b28-17-/t30-/m0/s1. The Bertz CT molecular complexity index is 1880. The minimum absolute atomic E-state index is 0.274. The highest BCUT2D eigenvalue weighted by atomic mass is 32.1. The third-order valence-electron chi connectivity index (χ3n) is 6.70. The fourth-order valence-electron chi connectivity index (χ4n) is 4.67. The van der Waals surface area contributed by atoms with Gasteiger partial charge in [0.15, 0.2) is 4.80 Å². The number of nitriles is 1. The Kier molecular flexibility index (Phi) is 8.36. The molecule has 8 nitrogen and oxygen atoms in total. The molecule has 1 aromatic heterocycles. The van der Waals surface area contributed by atoms with Crippen LogP contribution in [0.4, 0.5) is 0 Å². The van der Waals surface area contributed by atoms with Crippen LogP contribution in [0.15, 0.2) is 93.9 Å². The van der Waals surface area contributed by atoms with E-state index in [0.29, 0.717) is 44.3 Å². The van der Waals surface area contributed by atoms with Crippen LogP contribution in [0.3, 0.4) is 0 Å². The number of esters is 1. The Labute approximate surface area is 247 Å². The number of nitrogens with zero attached hydrogens (tertiary/aromatic N) is 3. The van der Waals surface area contributed by atoms with Crippen LogP contribution < -0.4 is 24.4 Å². The largest absolute Gasteiger partial charge is 0.497 e. The summed E-state index contributed by atoms with van der Waals surface area (Å²) in [5.41, 5.74) is 3.51. The Hall–Kier alpha value is -4.94. The molecule has 0 fully saturated rings. The number of carbonyl (C=O) groups is 1. The number of aromatic nitrogens is 1. The number of rotatable bonds is 8. The van der Waals surface area contributed by atoms with Crippen LogP contribution in [-0.4, -0.2) is 23.8 Å². The van der Waals surface area contributed by atoms with Gasteiger partial charge in [0.2, 0.25) is 0 Å². The highest BCUT2D eigenvalue weighted by molar-refractivity contribution is 7.07. The summed E-state index contributed by atoms with van der Waals surface area (Å²) >= 11 is 1.25. The Morgan fingerprint density at radius 3 is 2.48 bits per heavy atom. The molecule has 0 unspecified atom stereocenters. The molecule has 1 aliphatic rings. The fraction of sp³-hybridized carbons (Fsp3) is 0.212. The van der Waals surface area contributed by atoms with Crippen molar-refractivity contribution < 1.29 is 19.0 Å². The van der Waals surface area contributed by atoms with Crippen molar-refractivity contribution in [2.45, 2.75) is 39.5 Å². The maximum atomic E-state index is 14.0. The van der Waals surface area contributed by atoms with E-state index in [0.717, 1.165) is 16.7 Å². The summed E-state index contributed by atoms with van der Waals surface area (Å²) in [6.07, 6.45) is 1.45. The van der Waals surface area contributed by atoms with Gasteiger partial charge in [-0.25, -0.2) is 9.79 Å². The molecule has 0 saturated heterocycles. The van der Waals surface area contributed by atoms with Crippen molar-refractivity contribution in [3.63, 3.8) is 0 Å². The number of hydrogen-bond acceptors (Lipinski definition) is 8. The van der Waals surface area contributed by atoms with Crippen LogP contribution in [0.5, 0.6) is 11.5 Å². The van der Waals surface area contributed by atoms with Crippen LogP contribution in [-0.2, 0) is 16.1 Å². The third-order valence-corrected chi connectivity index (χ3v) is 7.68. The Morgan fingerprint density at radius 1 is 1.10 bits per heavy atom. The monoisotopic (exact) mass is 579 g/mol. The van der Waals surface area contributed by atoms with Gasteiger partial charge in [-0.15, -0.1) is 0 Å². The lowest BCUT2D eigenvalue weighted by atomic mass is 9.96. The average molecular weight is 580 g/mol. The molecule has 0 aliphatic carbocycles. The van der Waals surface area contributed by atoms with Gasteiger partial charge >= 0.3 is 5.97 Å². The van der Waals surface area contributed by atoms with Crippen molar-refractivity contribution in [3.8, 4) is 17.6 Å². The molecule has 9 heteroatoms. The van der Waals surface area contributed by atoms with Gasteiger partial charge in [-0.1, -0.05) is 53.8 Å². The highest BCUT2D eigenvalue weighted by Crippen LogP contribution is 2.32. The molecular weight excluding hydrogens is 550 g/mol. The van der Waals surface area contributed by atoms with Crippen molar-refractivity contribution in [1.29, 1.82) is 5.26 Å². The molecule has 42 heavy (non-hydrogen) atoms. The first-order chi connectivity index (χ1) is 20.3. The molecule has 0 radical (unpaired) electrons. The zero-order valence-electron chi connectivity index (χ0n) is 23.7. The molecular formula is C33H29N3O5S. The average Bonchev–Trinajstić information content (AvgIpc) is 3.29. The van der Waals surface area contributed by atoms with Gasteiger partial charge in [0, 0.05) is 5.56 Å². The summed E-state index contributed by atoms with van der Waals surface area (Å²) in [6, 6.07) is 23.3. The van der Waals surface area contributed by atoms with Crippen LogP contribution in [0.25, 0.3) is 6.08 Å². The van der Waals surface area contributed by atoms with E-state index in [9.17, 15) is 9.59 Å². The van der Waals surface area contributed by atoms with E-state index < -0.39 is 12.0 Å². The van der Waals surface area contributed by atoms with E-state index in [1.54, 1.807) is 62.8 Å². The zero-order valence-corrected chi connectivity index (χ0v) is 24.5. The number of benzene rings is 3. The smallest absolute Gasteiger partial charge is 0.338 e. The topological polar surface area (TPSA) is 103 Å². The maximum Gasteiger partial charge on any atom is 0.338 e. The number of methoxy groups -OCH3 is 1. The molecule has 0 amide bonds. The zero-order chi connectivity index (χ0) is 29.8. The fourth-order valence-corrected chi connectivity index (χ4v) is 5.71. The van der Waals surface area contributed by atoms with Crippen LogP contribution in [0.1, 0.15) is 49.1 Å². The number of fused-ring (bicyclic) bond motifs is 1. The molecule has 0 saturated carbocycles. The molecule has 0 bridgehead atoms. The second kappa shape index (κ2) is 12.3. The van der Waals surface area contributed by atoms with Crippen LogP contribution in [0.2, 0.25) is 0 Å². The van der Waals surface area contributed by atoms with Gasteiger partial charge in [-0.2, -0.15) is 5.26 Å². The number of thiazole rings is 1. The summed E-state index contributed by atoms with van der Waals surface area (Å²) in [7, 11) is 1.58. The van der Waals surface area contributed by atoms with Crippen LogP contribution in [0, 0.1) is 11.3 Å². The summed E-state index contributed by atoms with van der Waals surface area (Å²) < 4.78 is 19.0. The summed E-state index contributed by atoms with van der Waals surface area (Å²) in [4.78, 5) is 32.4. The van der Waals surface area contributed by atoms with Crippen LogP contribution >= 0.6 is 11.3 Å². The summed E-state index contributed by atoms with van der Waals surface area (Å²) in [5.74, 6) is 0.760. The number of carbonyl (C=O) groups excluding carboxylic acids is 1. The van der Waals surface area contributed by atoms with Crippen molar-refractivity contribution in [2.75, 3.05) is 7.11 Å². The van der Waals surface area contributed by atoms with Crippen molar-refractivity contribution in [3.05, 3.63) is 126 Å². The van der Waals surface area contributed by atoms with Gasteiger partial charge < -0.3 is 14.2 Å². The van der Waals surface area contributed by atoms with Crippen molar-refractivity contribution in [1.82, 2.24) is 4.57 Å². The lowest BCUT2D eigenvalue weighted by Crippen LogP contribution is -2.40. The number of para-hydroxylation sites is 1. The molecule has 4 aromatic rings. The molecule has 1 atom stereocenters. The van der Waals surface area contributed by atoms with Gasteiger partial charge in [0.05, 0.1) is 46.7 Å². The predicted molar refractivity (Wildman–Crippen MR) is 160 cm³/mol. The Balaban J connectivity index is 1.57. The van der Waals surface area contributed by atoms with E-state index in [1.165, 1.54) is 11.3 Å². The van der Waals surface area contributed by atoms with E-state index in [4.69, 9.17) is 19.5 Å². The first-order valence-electron chi connectivity index (χ1n) is 13.4. The van der Waals surface area contributed by atoms with Gasteiger partial charge in [0.25, 0.3) is 5.56 Å². The summed E-state index contributed by atoms with van der Waals surface area (Å²) in [5, 5.41) is 9.04. The molecule has 0 N–H and O–H groups in total. The third kappa shape index (κ3) is 5.90. The first kappa shape index (κ1) is 28.6. The highest BCUT2D eigenvalue weighted by Gasteiger charge is 2.33. The van der Waals surface area contributed by atoms with E-state index in [1.807, 2.05) is 48.5 Å². The number of allylic oxidation sites excluding steroid dienone is 1. The number of ether oxygens (including phenoxy) is 3. The van der Waals surface area contributed by atoms with Gasteiger partial charge in [-0.05, 0) is 68.3 Å². The van der Waals surface area contributed by atoms with E-state index >= 15 is 0 Å². The lowest BCUT2D eigenvalue weighted by molar-refractivity contribution is -0.143. The normalized spacial score (nSPS) is 14.7. The van der Waals surface area contributed by atoms with Crippen molar-refractivity contribution in [2.24, 2.45) is 4.99 Å². The van der Waals surface area contributed by atoms with Gasteiger partial charge in [-0.3, -0.25) is 9.36 Å². The SMILES string of the molecule is COc1ccc([C@H]2C(C(=O)OC(C)C)=C(C)N=c3s/c(=C\c4ccccc4OCc4ccc(C#N)cc4)c(=O)n32)cc1. The minimum atomic E-state index is -0.719. The lowest BCUT2D eigenvalue weighted by Gasteiger charge is -2.25. The second-order valence-corrected chi connectivity index (χ2v) is 11.0. The minimum Gasteiger partial charge on any atom is -0.497 e. The Morgan fingerprint density at radius 2 is 1.81 bits per heavy atom. The molecule has 5 rings (SSSR count). The predicted octanol–water partition coefficient (Wildman–Crippen LogP) is 4.65. The maximum absolute atomic E-state index is 14.0. The molecule has 0 spiro atoms. The summed E-state index contributed by atoms with van der Waals surface area (Å²) in [6.45, 7) is 5.63. The molecule has 1 aliphatic heterocycles. The quantitative estimate of drug-likeness (QED) is 0.282. The van der Waals surface area contributed by atoms with E-state index in [-0.39, 0.29) is 11.7 Å². The first-order valence-corrected chi connectivity index (χ1v) is 14.2. The molecule has 212 valence electrons. The van der Waals surface area contributed by atoms with Crippen molar-refractivity contribution >= 4 is 23.4 Å². The molecule has 2 heterocycles. The molecule has 3 aromatic carbocycles. The second-order valence-electron chi connectivity index (χ2n) is 9.94. The van der Waals surface area contributed by atoms with Gasteiger partial charge in [0.1, 0.15) is 18.1 Å². The number of hydrogen-bond donors (Lipinski definition) is 0.